The number of H-pyrrole nitrogens is 1. The molecular weight excluding hydrogens is 282 g/mol. The summed E-state index contributed by atoms with van der Waals surface area (Å²) in [6.07, 6.45) is 2.43. The number of piperazine rings is 1. The van der Waals surface area contributed by atoms with Crippen LogP contribution in [0.3, 0.4) is 0 Å². The zero-order valence-electron chi connectivity index (χ0n) is 11.9. The SMILES string of the molecule is O=CN1CCN(c2ncnc3[nH]c4ccc(O)cc4c23)CC1. The van der Waals surface area contributed by atoms with Gasteiger partial charge in [0.25, 0.3) is 0 Å². The van der Waals surface area contributed by atoms with Gasteiger partial charge in [0.2, 0.25) is 6.41 Å². The van der Waals surface area contributed by atoms with Gasteiger partial charge in [-0.2, -0.15) is 0 Å². The second kappa shape index (κ2) is 4.87. The summed E-state index contributed by atoms with van der Waals surface area (Å²) in [6.45, 7) is 2.83. The zero-order chi connectivity index (χ0) is 15.1. The van der Waals surface area contributed by atoms with Crippen LogP contribution < -0.4 is 4.90 Å². The molecule has 1 amide bonds. The first-order chi connectivity index (χ1) is 10.8. The Bertz CT molecular complexity index is 852. The molecule has 0 radical (unpaired) electrons. The fraction of sp³-hybridized carbons (Fsp3) is 0.267. The Morgan fingerprint density at radius 1 is 1.18 bits per heavy atom. The van der Waals surface area contributed by atoms with E-state index in [0.717, 1.165) is 47.3 Å². The summed E-state index contributed by atoms with van der Waals surface area (Å²) in [5.74, 6) is 1.06. The summed E-state index contributed by atoms with van der Waals surface area (Å²) in [6, 6.07) is 5.21. The zero-order valence-corrected chi connectivity index (χ0v) is 11.9. The number of amides is 1. The Morgan fingerprint density at radius 3 is 2.77 bits per heavy atom. The highest BCUT2D eigenvalue weighted by atomic mass is 16.3. The number of carbonyl (C=O) groups excluding carboxylic acids is 1. The predicted octanol–water partition coefficient (Wildman–Crippen LogP) is 1.10. The van der Waals surface area contributed by atoms with E-state index in [4.69, 9.17) is 0 Å². The van der Waals surface area contributed by atoms with Crippen molar-refractivity contribution in [2.45, 2.75) is 0 Å². The van der Waals surface area contributed by atoms with Crippen molar-refractivity contribution in [1.82, 2.24) is 19.9 Å². The maximum absolute atomic E-state index is 10.8. The number of hydrogen-bond donors (Lipinski definition) is 2. The smallest absolute Gasteiger partial charge is 0.209 e. The minimum atomic E-state index is 0.217. The van der Waals surface area contributed by atoms with Gasteiger partial charge in [0.1, 0.15) is 23.5 Å². The second-order valence-corrected chi connectivity index (χ2v) is 5.40. The molecule has 0 bridgehead atoms. The molecule has 3 heterocycles. The lowest BCUT2D eigenvalue weighted by Gasteiger charge is -2.33. The first-order valence-corrected chi connectivity index (χ1v) is 7.16. The van der Waals surface area contributed by atoms with Crippen molar-refractivity contribution in [1.29, 1.82) is 0 Å². The van der Waals surface area contributed by atoms with E-state index in [2.05, 4.69) is 19.9 Å². The first-order valence-electron chi connectivity index (χ1n) is 7.16. The summed E-state index contributed by atoms with van der Waals surface area (Å²) < 4.78 is 0. The summed E-state index contributed by atoms with van der Waals surface area (Å²) >= 11 is 0. The number of benzene rings is 1. The van der Waals surface area contributed by atoms with Gasteiger partial charge in [0.15, 0.2) is 0 Å². The molecule has 1 fully saturated rings. The van der Waals surface area contributed by atoms with Crippen LogP contribution in [0.1, 0.15) is 0 Å². The number of nitrogens with one attached hydrogen (secondary N) is 1. The molecule has 0 aliphatic carbocycles. The Morgan fingerprint density at radius 2 is 2.00 bits per heavy atom. The molecule has 1 aromatic carbocycles. The molecule has 1 aliphatic heterocycles. The van der Waals surface area contributed by atoms with E-state index in [1.54, 1.807) is 23.4 Å². The minimum absolute atomic E-state index is 0.217. The monoisotopic (exact) mass is 297 g/mol. The molecular formula is C15H15N5O2. The van der Waals surface area contributed by atoms with Gasteiger partial charge >= 0.3 is 0 Å². The minimum Gasteiger partial charge on any atom is -0.508 e. The molecule has 0 atom stereocenters. The fourth-order valence-electron chi connectivity index (χ4n) is 2.97. The molecule has 2 aromatic heterocycles. The number of hydrogen-bond acceptors (Lipinski definition) is 5. The lowest BCUT2D eigenvalue weighted by atomic mass is 10.2. The Kier molecular flexibility index (Phi) is 2.85. The molecule has 0 spiro atoms. The third-order valence-corrected chi connectivity index (χ3v) is 4.12. The third kappa shape index (κ3) is 1.93. The quantitative estimate of drug-likeness (QED) is 0.692. The van der Waals surface area contributed by atoms with Crippen LogP contribution in [-0.4, -0.2) is 57.5 Å². The van der Waals surface area contributed by atoms with Crippen LogP contribution in [0.5, 0.6) is 5.75 Å². The van der Waals surface area contributed by atoms with Crippen LogP contribution in [0.25, 0.3) is 21.9 Å². The van der Waals surface area contributed by atoms with E-state index < -0.39 is 0 Å². The van der Waals surface area contributed by atoms with E-state index >= 15 is 0 Å². The highest BCUT2D eigenvalue weighted by Gasteiger charge is 2.21. The van der Waals surface area contributed by atoms with Crippen LogP contribution in [0.4, 0.5) is 5.82 Å². The van der Waals surface area contributed by atoms with E-state index in [-0.39, 0.29) is 5.75 Å². The first kappa shape index (κ1) is 12.9. The fourth-order valence-corrected chi connectivity index (χ4v) is 2.97. The number of anilines is 1. The number of phenols is 1. The number of carbonyl (C=O) groups is 1. The molecule has 2 N–H and O–H groups in total. The average Bonchev–Trinajstić information content (AvgIpc) is 2.93. The molecule has 1 saturated heterocycles. The van der Waals surface area contributed by atoms with Crippen molar-refractivity contribution in [3.63, 3.8) is 0 Å². The number of rotatable bonds is 2. The van der Waals surface area contributed by atoms with E-state index in [9.17, 15) is 9.90 Å². The molecule has 4 rings (SSSR count). The van der Waals surface area contributed by atoms with Gasteiger partial charge in [-0.05, 0) is 18.2 Å². The number of aromatic hydroxyl groups is 1. The van der Waals surface area contributed by atoms with Gasteiger partial charge in [-0.1, -0.05) is 0 Å². The van der Waals surface area contributed by atoms with Crippen LogP contribution in [-0.2, 0) is 4.79 Å². The van der Waals surface area contributed by atoms with Gasteiger partial charge < -0.3 is 19.9 Å². The van der Waals surface area contributed by atoms with Crippen molar-refractivity contribution in [3.05, 3.63) is 24.5 Å². The molecule has 7 heteroatoms. The largest absolute Gasteiger partial charge is 0.508 e. The van der Waals surface area contributed by atoms with Crippen molar-refractivity contribution in [2.75, 3.05) is 31.1 Å². The number of phenolic OH excluding ortho intramolecular Hbond substituents is 1. The molecule has 22 heavy (non-hydrogen) atoms. The summed E-state index contributed by atoms with van der Waals surface area (Å²) in [5.41, 5.74) is 1.67. The van der Waals surface area contributed by atoms with Gasteiger partial charge in [0, 0.05) is 37.1 Å². The Balaban J connectivity index is 1.85. The maximum Gasteiger partial charge on any atom is 0.209 e. The highest BCUT2D eigenvalue weighted by Crippen LogP contribution is 2.33. The number of nitrogens with zero attached hydrogens (tertiary/aromatic N) is 4. The van der Waals surface area contributed by atoms with Crippen molar-refractivity contribution in [2.24, 2.45) is 0 Å². The summed E-state index contributed by atoms with van der Waals surface area (Å²) in [7, 11) is 0. The van der Waals surface area contributed by atoms with Crippen molar-refractivity contribution >= 4 is 34.2 Å². The molecule has 3 aromatic rings. The van der Waals surface area contributed by atoms with Gasteiger partial charge in [-0.25, -0.2) is 9.97 Å². The van der Waals surface area contributed by atoms with E-state index in [1.165, 1.54) is 0 Å². The second-order valence-electron chi connectivity index (χ2n) is 5.40. The van der Waals surface area contributed by atoms with Gasteiger partial charge in [-0.15, -0.1) is 0 Å². The van der Waals surface area contributed by atoms with Gasteiger partial charge in [0.05, 0.1) is 5.39 Å². The molecule has 112 valence electrons. The topological polar surface area (TPSA) is 85.4 Å². The lowest BCUT2D eigenvalue weighted by Crippen LogP contribution is -2.46. The average molecular weight is 297 g/mol. The van der Waals surface area contributed by atoms with Crippen molar-refractivity contribution < 1.29 is 9.90 Å². The van der Waals surface area contributed by atoms with Gasteiger partial charge in [-0.3, -0.25) is 4.79 Å². The predicted molar refractivity (Wildman–Crippen MR) is 82.9 cm³/mol. The highest BCUT2D eigenvalue weighted by molar-refractivity contribution is 6.11. The molecule has 7 nitrogen and oxygen atoms in total. The lowest BCUT2D eigenvalue weighted by molar-refractivity contribution is -0.118. The molecule has 1 aliphatic rings. The molecule has 0 unspecified atom stereocenters. The standard InChI is InChI=1S/C15H15N5O2/c21-9-19-3-5-20(6-4-19)15-13-11-7-10(22)1-2-12(11)18-14(13)16-8-17-15/h1-2,7-9,22H,3-6H2,(H,16,17,18). The van der Waals surface area contributed by atoms with Crippen LogP contribution in [0, 0.1) is 0 Å². The maximum atomic E-state index is 10.8. The van der Waals surface area contributed by atoms with E-state index in [1.807, 2.05) is 6.07 Å². The Hall–Kier alpha value is -2.83. The van der Waals surface area contributed by atoms with E-state index in [0.29, 0.717) is 13.1 Å². The summed E-state index contributed by atoms with van der Waals surface area (Å²) in [4.78, 5) is 26.7. The van der Waals surface area contributed by atoms with Crippen molar-refractivity contribution in [3.8, 4) is 5.75 Å². The molecule has 0 saturated carbocycles. The van der Waals surface area contributed by atoms with Crippen LogP contribution >= 0.6 is 0 Å². The normalized spacial score (nSPS) is 15.6. The Labute approximate surface area is 126 Å². The number of aromatic amines is 1. The summed E-state index contributed by atoms with van der Waals surface area (Å²) in [5, 5.41) is 11.6. The number of aromatic nitrogens is 3. The third-order valence-electron chi connectivity index (χ3n) is 4.12. The number of fused-ring (bicyclic) bond motifs is 3. The van der Waals surface area contributed by atoms with Crippen LogP contribution in [0.15, 0.2) is 24.5 Å². The van der Waals surface area contributed by atoms with Crippen LogP contribution in [0.2, 0.25) is 0 Å².